The van der Waals surface area contributed by atoms with Crippen molar-refractivity contribution in [2.75, 3.05) is 13.2 Å². The van der Waals surface area contributed by atoms with Crippen molar-refractivity contribution in [3.05, 3.63) is 0 Å². The Labute approximate surface area is 102 Å². The third-order valence-electron chi connectivity index (χ3n) is 2.37. The Hall–Kier alpha value is -1.57. The summed E-state index contributed by atoms with van der Waals surface area (Å²) in [6.45, 7) is 7.29. The van der Waals surface area contributed by atoms with Crippen LogP contribution in [-0.4, -0.2) is 36.0 Å². The zero-order chi connectivity index (χ0) is 13.4. The number of nitriles is 1. The quantitative estimate of drug-likeness (QED) is 0.657. The summed E-state index contributed by atoms with van der Waals surface area (Å²) < 4.78 is 4.80. The van der Waals surface area contributed by atoms with Crippen molar-refractivity contribution in [1.82, 2.24) is 4.90 Å². The maximum absolute atomic E-state index is 12.0. The van der Waals surface area contributed by atoms with Crippen molar-refractivity contribution in [1.29, 1.82) is 5.26 Å². The van der Waals surface area contributed by atoms with E-state index in [1.165, 1.54) is 4.90 Å². The maximum Gasteiger partial charge on any atom is 0.325 e. The average Bonchev–Trinajstić information content (AvgIpc) is 2.27. The number of hydrogen-bond acceptors (Lipinski definition) is 4. The van der Waals surface area contributed by atoms with E-state index in [1.54, 1.807) is 27.7 Å². The number of hydrogen-bond donors (Lipinski definition) is 0. The van der Waals surface area contributed by atoms with Crippen LogP contribution in [0.3, 0.4) is 0 Å². The molecule has 0 aromatic heterocycles. The predicted octanol–water partition coefficient (Wildman–Crippen LogP) is 1.34. The Bertz CT molecular complexity index is 307. The highest BCUT2D eigenvalue weighted by molar-refractivity contribution is 5.85. The summed E-state index contributed by atoms with van der Waals surface area (Å²) in [5.74, 6) is -1.44. The van der Waals surface area contributed by atoms with Crippen LogP contribution in [0.5, 0.6) is 0 Å². The molecule has 5 heteroatoms. The first-order valence-corrected chi connectivity index (χ1v) is 5.83. The van der Waals surface area contributed by atoms with Crippen molar-refractivity contribution in [3.63, 3.8) is 0 Å². The van der Waals surface area contributed by atoms with Crippen LogP contribution in [0.2, 0.25) is 0 Å². The van der Waals surface area contributed by atoms with Gasteiger partial charge in [0, 0.05) is 6.04 Å². The number of carbonyl (C=O) groups excluding carboxylic acids is 2. The standard InChI is InChI=1S/C12H20N2O3/c1-5-10(7-13)12(16)14(9(3)4)8-11(15)17-6-2/h9-10H,5-6,8H2,1-4H3. The van der Waals surface area contributed by atoms with E-state index >= 15 is 0 Å². The van der Waals surface area contributed by atoms with E-state index in [-0.39, 0.29) is 25.1 Å². The van der Waals surface area contributed by atoms with E-state index in [2.05, 4.69) is 0 Å². The van der Waals surface area contributed by atoms with E-state index in [0.717, 1.165) is 0 Å². The molecule has 0 rings (SSSR count). The highest BCUT2D eigenvalue weighted by Gasteiger charge is 2.26. The SMILES string of the molecule is CCOC(=O)CN(C(=O)C(C#N)CC)C(C)C. The Morgan fingerprint density at radius 3 is 2.29 bits per heavy atom. The van der Waals surface area contributed by atoms with Crippen molar-refractivity contribution >= 4 is 11.9 Å². The van der Waals surface area contributed by atoms with Crippen LogP contribution in [-0.2, 0) is 14.3 Å². The molecule has 0 fully saturated rings. The first-order valence-electron chi connectivity index (χ1n) is 5.83. The highest BCUT2D eigenvalue weighted by atomic mass is 16.5. The minimum Gasteiger partial charge on any atom is -0.465 e. The summed E-state index contributed by atoms with van der Waals surface area (Å²) in [7, 11) is 0. The molecule has 0 aromatic rings. The van der Waals surface area contributed by atoms with Crippen LogP contribution >= 0.6 is 0 Å². The van der Waals surface area contributed by atoms with Gasteiger partial charge in [0.25, 0.3) is 0 Å². The number of ether oxygens (including phenoxy) is 1. The van der Waals surface area contributed by atoms with Gasteiger partial charge in [-0.2, -0.15) is 5.26 Å². The van der Waals surface area contributed by atoms with Crippen molar-refractivity contribution in [2.24, 2.45) is 5.92 Å². The van der Waals surface area contributed by atoms with Gasteiger partial charge in [-0.3, -0.25) is 9.59 Å². The summed E-state index contributed by atoms with van der Waals surface area (Å²) >= 11 is 0. The van der Waals surface area contributed by atoms with Crippen LogP contribution < -0.4 is 0 Å². The molecule has 1 amide bonds. The number of rotatable bonds is 6. The van der Waals surface area contributed by atoms with Crippen LogP contribution in [0.1, 0.15) is 34.1 Å². The zero-order valence-corrected chi connectivity index (χ0v) is 10.9. The number of carbonyl (C=O) groups is 2. The molecule has 96 valence electrons. The molecule has 5 nitrogen and oxygen atoms in total. The second-order valence-corrected chi connectivity index (χ2v) is 3.95. The molecule has 1 unspecified atom stereocenters. The van der Waals surface area contributed by atoms with Gasteiger partial charge in [0.2, 0.25) is 5.91 Å². The van der Waals surface area contributed by atoms with Gasteiger partial charge in [-0.25, -0.2) is 0 Å². The van der Waals surface area contributed by atoms with Crippen LogP contribution in [0, 0.1) is 17.2 Å². The third-order valence-corrected chi connectivity index (χ3v) is 2.37. The lowest BCUT2D eigenvalue weighted by atomic mass is 10.1. The average molecular weight is 240 g/mol. The van der Waals surface area contributed by atoms with Crippen LogP contribution in [0.15, 0.2) is 0 Å². The first-order chi connectivity index (χ1) is 7.97. The lowest BCUT2D eigenvalue weighted by Gasteiger charge is -2.27. The van der Waals surface area contributed by atoms with Crippen LogP contribution in [0.4, 0.5) is 0 Å². The van der Waals surface area contributed by atoms with Gasteiger partial charge in [-0.1, -0.05) is 6.92 Å². The normalized spacial score (nSPS) is 11.8. The van der Waals surface area contributed by atoms with Gasteiger partial charge in [0.15, 0.2) is 0 Å². The minimum absolute atomic E-state index is 0.0947. The summed E-state index contributed by atoms with van der Waals surface area (Å²) in [6, 6.07) is 1.82. The Morgan fingerprint density at radius 2 is 1.94 bits per heavy atom. The fourth-order valence-electron chi connectivity index (χ4n) is 1.38. The lowest BCUT2D eigenvalue weighted by Crippen LogP contribution is -2.44. The van der Waals surface area contributed by atoms with E-state index in [0.29, 0.717) is 6.42 Å². The molecule has 0 aromatic carbocycles. The molecular formula is C12H20N2O3. The molecule has 0 aliphatic carbocycles. The topological polar surface area (TPSA) is 70.4 Å². The van der Waals surface area contributed by atoms with Gasteiger partial charge < -0.3 is 9.64 Å². The van der Waals surface area contributed by atoms with E-state index < -0.39 is 11.9 Å². The Balaban J connectivity index is 4.69. The maximum atomic E-state index is 12.0. The largest absolute Gasteiger partial charge is 0.465 e. The lowest BCUT2D eigenvalue weighted by molar-refractivity contribution is -0.151. The summed E-state index contributed by atoms with van der Waals surface area (Å²) in [5.41, 5.74) is 0. The molecule has 0 heterocycles. The second kappa shape index (κ2) is 7.66. The number of nitrogens with zero attached hydrogens (tertiary/aromatic N) is 2. The van der Waals surface area contributed by atoms with Crippen molar-refractivity contribution in [3.8, 4) is 6.07 Å². The summed E-state index contributed by atoms with van der Waals surface area (Å²) in [4.78, 5) is 24.7. The highest BCUT2D eigenvalue weighted by Crippen LogP contribution is 2.10. The molecule has 0 saturated heterocycles. The van der Waals surface area contributed by atoms with Gasteiger partial charge >= 0.3 is 5.97 Å². The van der Waals surface area contributed by atoms with Gasteiger partial charge in [-0.15, -0.1) is 0 Å². The predicted molar refractivity (Wildman–Crippen MR) is 62.9 cm³/mol. The second-order valence-electron chi connectivity index (χ2n) is 3.95. The van der Waals surface area contributed by atoms with E-state index in [9.17, 15) is 9.59 Å². The smallest absolute Gasteiger partial charge is 0.325 e. The monoisotopic (exact) mass is 240 g/mol. The van der Waals surface area contributed by atoms with E-state index in [1.807, 2.05) is 6.07 Å². The molecule has 0 radical (unpaired) electrons. The fraction of sp³-hybridized carbons (Fsp3) is 0.750. The molecule has 0 N–H and O–H groups in total. The third kappa shape index (κ3) is 4.85. The molecule has 17 heavy (non-hydrogen) atoms. The van der Waals surface area contributed by atoms with Crippen molar-refractivity contribution in [2.45, 2.75) is 40.2 Å². The van der Waals surface area contributed by atoms with Gasteiger partial charge in [-0.05, 0) is 27.2 Å². The molecule has 0 spiro atoms. The Morgan fingerprint density at radius 1 is 1.35 bits per heavy atom. The molecule has 0 aliphatic heterocycles. The Kier molecular flexibility index (Phi) is 6.95. The molecule has 0 bridgehead atoms. The number of amides is 1. The molecule has 1 atom stereocenters. The summed E-state index contributed by atoms with van der Waals surface area (Å²) in [6.07, 6.45) is 0.446. The fourth-order valence-corrected chi connectivity index (χ4v) is 1.38. The molecule has 0 aliphatic rings. The first kappa shape index (κ1) is 15.4. The van der Waals surface area contributed by atoms with Gasteiger partial charge in [0.1, 0.15) is 12.5 Å². The van der Waals surface area contributed by atoms with E-state index in [4.69, 9.17) is 10.00 Å². The van der Waals surface area contributed by atoms with Crippen LogP contribution in [0.25, 0.3) is 0 Å². The minimum atomic E-state index is -0.688. The zero-order valence-electron chi connectivity index (χ0n) is 10.9. The summed E-state index contributed by atoms with van der Waals surface area (Å²) in [5, 5.41) is 8.85. The van der Waals surface area contributed by atoms with Crippen molar-refractivity contribution < 1.29 is 14.3 Å². The molecular weight excluding hydrogens is 220 g/mol. The molecule has 0 saturated carbocycles. The number of esters is 1. The van der Waals surface area contributed by atoms with Gasteiger partial charge in [0.05, 0.1) is 12.7 Å².